The second kappa shape index (κ2) is 13.1. The lowest BCUT2D eigenvalue weighted by Crippen LogP contribution is -2.15. The van der Waals surface area contributed by atoms with Gasteiger partial charge in [-0.05, 0) is 116 Å². The molecule has 0 amide bonds. The van der Waals surface area contributed by atoms with E-state index in [1.807, 2.05) is 6.07 Å². The van der Waals surface area contributed by atoms with E-state index in [0.29, 0.717) is 0 Å². The fraction of sp³-hybridized carbons (Fsp3) is 0.0508. The molecule has 0 N–H and O–H groups in total. The molecule has 0 spiro atoms. The largest absolute Gasteiger partial charge is 0.456 e. The van der Waals surface area contributed by atoms with Crippen LogP contribution in [0.5, 0.6) is 0 Å². The Morgan fingerprint density at radius 2 is 1.03 bits per heavy atom. The van der Waals surface area contributed by atoms with E-state index in [2.05, 4.69) is 213 Å². The van der Waals surface area contributed by atoms with Crippen molar-refractivity contribution in [1.29, 1.82) is 0 Å². The van der Waals surface area contributed by atoms with Crippen LogP contribution in [0.15, 0.2) is 209 Å². The molecule has 0 bridgehead atoms. The summed E-state index contributed by atoms with van der Waals surface area (Å²) in [6.45, 7) is 4.71. The van der Waals surface area contributed by atoms with Gasteiger partial charge in [0.1, 0.15) is 22.3 Å². The van der Waals surface area contributed by atoms with Crippen LogP contribution in [0.25, 0.3) is 98.8 Å². The van der Waals surface area contributed by atoms with Crippen molar-refractivity contribution in [2.24, 2.45) is 0 Å². The highest BCUT2D eigenvalue weighted by Gasteiger charge is 2.39. The SMILES string of the molecule is CC1(C)c2ccc(-c3cccc(N(c4ccc5ccccc5c4)c4cccc5ccccc45)c3)cc2-c2c1cc(-c1cccc3oc4ccccc4c13)c1c2oc2ccccc21. The first kappa shape index (κ1) is 34.9. The Bertz CT molecular complexity index is 3800. The smallest absolute Gasteiger partial charge is 0.144 e. The average molecular weight is 794 g/mol. The molecule has 10 aromatic carbocycles. The normalized spacial score (nSPS) is 13.1. The number of para-hydroxylation sites is 2. The first-order chi connectivity index (χ1) is 30.5. The third-order valence-corrected chi connectivity index (χ3v) is 13.4. The minimum atomic E-state index is -0.277. The first-order valence-electron chi connectivity index (χ1n) is 21.4. The van der Waals surface area contributed by atoms with Gasteiger partial charge in [-0.2, -0.15) is 0 Å². The molecule has 2 aromatic heterocycles. The van der Waals surface area contributed by atoms with Gasteiger partial charge in [0.05, 0.1) is 5.69 Å². The topological polar surface area (TPSA) is 29.5 Å². The lowest BCUT2D eigenvalue weighted by atomic mass is 9.80. The van der Waals surface area contributed by atoms with Crippen molar-refractivity contribution in [3.05, 3.63) is 211 Å². The second-order valence-corrected chi connectivity index (χ2v) is 17.2. The fourth-order valence-electron chi connectivity index (χ4n) is 10.5. The average Bonchev–Trinajstić information content (AvgIpc) is 3.97. The Morgan fingerprint density at radius 1 is 0.387 bits per heavy atom. The molecule has 1 aliphatic rings. The van der Waals surface area contributed by atoms with Crippen LogP contribution >= 0.6 is 0 Å². The third-order valence-electron chi connectivity index (χ3n) is 13.4. The van der Waals surface area contributed by atoms with E-state index in [0.717, 1.165) is 83.2 Å². The van der Waals surface area contributed by atoms with Crippen molar-refractivity contribution in [2.45, 2.75) is 19.3 Å². The number of nitrogens with zero attached hydrogens (tertiary/aromatic N) is 1. The highest BCUT2D eigenvalue weighted by atomic mass is 16.3. The van der Waals surface area contributed by atoms with Gasteiger partial charge in [-0.3, -0.25) is 0 Å². The molecule has 0 aliphatic heterocycles. The molecular formula is C59H39NO2. The molecule has 0 fully saturated rings. The molecule has 2 heterocycles. The maximum atomic E-state index is 7.02. The van der Waals surface area contributed by atoms with E-state index in [9.17, 15) is 0 Å². The maximum absolute atomic E-state index is 7.02. The molecule has 3 heteroatoms. The van der Waals surface area contributed by atoms with Gasteiger partial charge in [-0.25, -0.2) is 0 Å². The second-order valence-electron chi connectivity index (χ2n) is 17.2. The maximum Gasteiger partial charge on any atom is 0.144 e. The molecule has 0 saturated carbocycles. The number of benzene rings is 10. The van der Waals surface area contributed by atoms with Crippen molar-refractivity contribution >= 4 is 82.5 Å². The van der Waals surface area contributed by atoms with E-state index in [1.165, 1.54) is 43.8 Å². The van der Waals surface area contributed by atoms with Gasteiger partial charge in [0, 0.05) is 49.3 Å². The number of hydrogen-bond donors (Lipinski definition) is 0. The third kappa shape index (κ3) is 5.06. The van der Waals surface area contributed by atoms with Crippen LogP contribution in [-0.4, -0.2) is 0 Å². The van der Waals surface area contributed by atoms with E-state index >= 15 is 0 Å². The highest BCUT2D eigenvalue weighted by molar-refractivity contribution is 6.22. The van der Waals surface area contributed by atoms with E-state index in [-0.39, 0.29) is 5.41 Å². The van der Waals surface area contributed by atoms with Crippen LogP contribution in [0.4, 0.5) is 17.1 Å². The zero-order valence-corrected chi connectivity index (χ0v) is 34.3. The number of furan rings is 2. The summed E-state index contributed by atoms with van der Waals surface area (Å²) in [4.78, 5) is 2.41. The molecule has 0 radical (unpaired) electrons. The summed E-state index contributed by atoms with van der Waals surface area (Å²) >= 11 is 0. The summed E-state index contributed by atoms with van der Waals surface area (Å²) in [5.41, 5.74) is 16.3. The molecule has 62 heavy (non-hydrogen) atoms. The molecule has 292 valence electrons. The molecule has 13 rings (SSSR count). The predicted octanol–water partition coefficient (Wildman–Crippen LogP) is 16.9. The van der Waals surface area contributed by atoms with E-state index in [1.54, 1.807) is 0 Å². The number of anilines is 3. The number of rotatable bonds is 5. The lowest BCUT2D eigenvalue weighted by molar-refractivity contribution is 0.653. The van der Waals surface area contributed by atoms with Crippen molar-refractivity contribution < 1.29 is 8.83 Å². The van der Waals surface area contributed by atoms with E-state index in [4.69, 9.17) is 8.83 Å². The quantitative estimate of drug-likeness (QED) is 0.174. The zero-order valence-electron chi connectivity index (χ0n) is 34.3. The molecule has 12 aromatic rings. The van der Waals surface area contributed by atoms with Crippen LogP contribution < -0.4 is 4.90 Å². The lowest BCUT2D eigenvalue weighted by Gasteiger charge is -2.27. The van der Waals surface area contributed by atoms with Crippen LogP contribution in [0.1, 0.15) is 25.0 Å². The van der Waals surface area contributed by atoms with Crippen LogP contribution in [0.3, 0.4) is 0 Å². The monoisotopic (exact) mass is 793 g/mol. The van der Waals surface area contributed by atoms with Crippen molar-refractivity contribution in [1.82, 2.24) is 0 Å². The van der Waals surface area contributed by atoms with Crippen molar-refractivity contribution in [2.75, 3.05) is 4.90 Å². The van der Waals surface area contributed by atoms with Gasteiger partial charge >= 0.3 is 0 Å². The van der Waals surface area contributed by atoms with Crippen molar-refractivity contribution in [3.8, 4) is 33.4 Å². The predicted molar refractivity (Wildman–Crippen MR) is 259 cm³/mol. The molecule has 1 aliphatic carbocycles. The summed E-state index contributed by atoms with van der Waals surface area (Å²) in [6.07, 6.45) is 0. The Labute approximate surface area is 358 Å². The van der Waals surface area contributed by atoms with Crippen LogP contribution in [0, 0.1) is 0 Å². The highest BCUT2D eigenvalue weighted by Crippen LogP contribution is 2.56. The summed E-state index contributed by atoms with van der Waals surface area (Å²) in [6, 6.07) is 72.4. The van der Waals surface area contributed by atoms with Gasteiger partial charge in [-0.15, -0.1) is 0 Å². The Morgan fingerprint density at radius 3 is 1.89 bits per heavy atom. The van der Waals surface area contributed by atoms with Gasteiger partial charge in [0.2, 0.25) is 0 Å². The number of fused-ring (bicyclic) bond motifs is 12. The Balaban J connectivity index is 1.01. The zero-order chi connectivity index (χ0) is 41.1. The fourth-order valence-corrected chi connectivity index (χ4v) is 10.5. The van der Waals surface area contributed by atoms with Gasteiger partial charge < -0.3 is 13.7 Å². The standard InChI is InChI=1S/C59H39NO2/c1-59(2)49-31-29-40(39-18-11-19-41(33-39)60(42-30-28-36-14-3-4-16-38(36)32-42)51-24-12-17-37-15-5-6-20-43(37)51)34-48(49)57-50(59)35-47(56-46-22-8-10-26-53(46)62-58(56)57)44-23-13-27-54-55(44)45-21-7-9-25-52(45)61-54/h3-35H,1-2H3. The minimum Gasteiger partial charge on any atom is -0.456 e. The Hall–Kier alpha value is -7.88. The first-order valence-corrected chi connectivity index (χ1v) is 21.4. The molecule has 3 nitrogen and oxygen atoms in total. The number of hydrogen-bond acceptors (Lipinski definition) is 3. The minimum absolute atomic E-state index is 0.277. The molecular weight excluding hydrogens is 755 g/mol. The summed E-state index contributed by atoms with van der Waals surface area (Å²) < 4.78 is 13.4. The summed E-state index contributed by atoms with van der Waals surface area (Å²) in [5.74, 6) is 0. The molecule has 0 unspecified atom stereocenters. The van der Waals surface area contributed by atoms with Crippen molar-refractivity contribution in [3.63, 3.8) is 0 Å². The molecule has 0 saturated heterocycles. The van der Waals surface area contributed by atoms with Crippen LogP contribution in [0.2, 0.25) is 0 Å². The van der Waals surface area contributed by atoms with Gasteiger partial charge in [0.15, 0.2) is 0 Å². The van der Waals surface area contributed by atoms with E-state index < -0.39 is 0 Å². The van der Waals surface area contributed by atoms with Crippen LogP contribution in [-0.2, 0) is 5.41 Å². The summed E-state index contributed by atoms with van der Waals surface area (Å²) in [5, 5.41) is 9.35. The van der Waals surface area contributed by atoms with Gasteiger partial charge in [-0.1, -0.05) is 153 Å². The van der Waals surface area contributed by atoms with Gasteiger partial charge in [0.25, 0.3) is 0 Å². The Kier molecular flexibility index (Phi) is 7.36. The summed E-state index contributed by atoms with van der Waals surface area (Å²) in [7, 11) is 0. The molecule has 0 atom stereocenters.